The van der Waals surface area contributed by atoms with Gasteiger partial charge in [0.25, 0.3) is 10.0 Å². The number of nitrogens with zero attached hydrogens (tertiary/aromatic N) is 3. The molecular weight excluding hydrogens is 354 g/mol. The minimum atomic E-state index is -3.66. The van der Waals surface area contributed by atoms with Gasteiger partial charge in [-0.25, -0.2) is 18.2 Å². The predicted octanol–water partition coefficient (Wildman–Crippen LogP) is 2.52. The van der Waals surface area contributed by atoms with Gasteiger partial charge in [0, 0.05) is 19.4 Å². The van der Waals surface area contributed by atoms with Crippen LogP contribution in [0.25, 0.3) is 0 Å². The molecule has 0 bridgehead atoms. The summed E-state index contributed by atoms with van der Waals surface area (Å²) in [6, 6.07) is 14.3. The summed E-state index contributed by atoms with van der Waals surface area (Å²) in [4.78, 5) is 19.8. The Kier molecular flexibility index (Phi) is 4.94. The third kappa shape index (κ3) is 3.70. The van der Waals surface area contributed by atoms with E-state index in [0.717, 1.165) is 4.31 Å². The quantitative estimate of drug-likeness (QED) is 0.507. The summed E-state index contributed by atoms with van der Waals surface area (Å²) >= 11 is 0. The van der Waals surface area contributed by atoms with Gasteiger partial charge in [-0.3, -0.25) is 9.29 Å². The van der Waals surface area contributed by atoms with Gasteiger partial charge in [0.1, 0.15) is 5.75 Å². The molecule has 0 saturated carbocycles. The van der Waals surface area contributed by atoms with Crippen molar-refractivity contribution in [2.24, 2.45) is 0 Å². The first-order valence-corrected chi connectivity index (χ1v) is 9.05. The van der Waals surface area contributed by atoms with Crippen molar-refractivity contribution >= 4 is 21.7 Å². The molecule has 0 saturated heterocycles. The molecule has 26 heavy (non-hydrogen) atoms. The lowest BCUT2D eigenvalue weighted by molar-refractivity contribution is 0.0728. The predicted molar refractivity (Wildman–Crippen MR) is 95.5 cm³/mol. The van der Waals surface area contributed by atoms with E-state index in [2.05, 4.69) is 9.97 Å². The number of hydrogen-bond acceptors (Lipinski definition) is 6. The van der Waals surface area contributed by atoms with Gasteiger partial charge in [0.15, 0.2) is 5.69 Å². The number of rotatable bonds is 5. The first-order valence-electron chi connectivity index (χ1n) is 7.61. The van der Waals surface area contributed by atoms with E-state index < -0.39 is 16.0 Å². The Morgan fingerprint density at radius 1 is 1.00 bits per heavy atom. The van der Waals surface area contributed by atoms with Crippen molar-refractivity contribution in [2.45, 2.75) is 4.90 Å². The van der Waals surface area contributed by atoms with E-state index in [-0.39, 0.29) is 16.3 Å². The largest absolute Gasteiger partial charge is 0.422 e. The molecule has 1 heterocycles. The fourth-order valence-electron chi connectivity index (χ4n) is 2.18. The molecule has 7 nitrogen and oxygen atoms in total. The van der Waals surface area contributed by atoms with Crippen molar-refractivity contribution in [1.29, 1.82) is 0 Å². The van der Waals surface area contributed by atoms with Crippen molar-refractivity contribution in [3.8, 4) is 5.75 Å². The second kappa shape index (κ2) is 7.32. The number of ether oxygens (including phenoxy) is 1. The standard InChI is InChI=1S/C18H15N3O4S/c1-21(26(23,24)16-5-3-2-4-6-16)14-7-9-15(10-8-14)25-18(22)17-13-19-11-12-20-17/h2-13H,1H3. The van der Waals surface area contributed by atoms with Gasteiger partial charge in [0.05, 0.1) is 16.8 Å². The van der Waals surface area contributed by atoms with E-state index in [1.54, 1.807) is 30.3 Å². The number of carbonyl (C=O) groups excluding carboxylic acids is 1. The molecular formula is C18H15N3O4S. The zero-order valence-electron chi connectivity index (χ0n) is 13.8. The van der Waals surface area contributed by atoms with Crippen LogP contribution in [0, 0.1) is 0 Å². The zero-order valence-corrected chi connectivity index (χ0v) is 14.6. The molecule has 3 aromatic rings. The smallest absolute Gasteiger partial charge is 0.363 e. The van der Waals surface area contributed by atoms with E-state index in [1.807, 2.05) is 0 Å². The van der Waals surface area contributed by atoms with Gasteiger partial charge in [0.2, 0.25) is 0 Å². The first kappa shape index (κ1) is 17.6. The highest BCUT2D eigenvalue weighted by atomic mass is 32.2. The summed E-state index contributed by atoms with van der Waals surface area (Å²) in [5.41, 5.74) is 0.522. The van der Waals surface area contributed by atoms with Crippen LogP contribution < -0.4 is 9.04 Å². The molecule has 132 valence electrons. The number of hydrogen-bond donors (Lipinski definition) is 0. The number of anilines is 1. The Labute approximate surface area is 151 Å². The molecule has 0 aliphatic heterocycles. The molecule has 3 rings (SSSR count). The van der Waals surface area contributed by atoms with Gasteiger partial charge in [-0.05, 0) is 36.4 Å². The van der Waals surface area contributed by atoms with Gasteiger partial charge in [-0.1, -0.05) is 18.2 Å². The maximum absolute atomic E-state index is 12.6. The fourth-order valence-corrected chi connectivity index (χ4v) is 3.39. The molecule has 0 fully saturated rings. The molecule has 0 unspecified atom stereocenters. The summed E-state index contributed by atoms with van der Waals surface area (Å²) in [7, 11) is -2.20. The molecule has 1 aromatic heterocycles. The summed E-state index contributed by atoms with van der Waals surface area (Å²) in [5, 5.41) is 0. The molecule has 0 aliphatic carbocycles. The monoisotopic (exact) mass is 369 g/mol. The molecule has 0 atom stereocenters. The molecule has 0 amide bonds. The topological polar surface area (TPSA) is 89.5 Å². The molecule has 0 radical (unpaired) electrons. The van der Waals surface area contributed by atoms with Gasteiger partial charge >= 0.3 is 5.97 Å². The number of esters is 1. The van der Waals surface area contributed by atoms with E-state index >= 15 is 0 Å². The van der Waals surface area contributed by atoms with E-state index in [0.29, 0.717) is 5.69 Å². The van der Waals surface area contributed by atoms with Crippen LogP contribution in [0.15, 0.2) is 78.1 Å². The summed E-state index contributed by atoms with van der Waals surface area (Å²) < 4.78 is 31.6. The average Bonchev–Trinajstić information content (AvgIpc) is 2.69. The van der Waals surface area contributed by atoms with Gasteiger partial charge < -0.3 is 4.74 Å². The highest BCUT2D eigenvalue weighted by molar-refractivity contribution is 7.92. The van der Waals surface area contributed by atoms with Crippen LogP contribution in [0.1, 0.15) is 10.5 Å². The van der Waals surface area contributed by atoms with Crippen LogP contribution in [0.3, 0.4) is 0 Å². The third-order valence-electron chi connectivity index (χ3n) is 3.58. The van der Waals surface area contributed by atoms with Crippen LogP contribution >= 0.6 is 0 Å². The van der Waals surface area contributed by atoms with Crippen LogP contribution in [0.5, 0.6) is 5.75 Å². The van der Waals surface area contributed by atoms with Crippen LogP contribution in [-0.4, -0.2) is 31.4 Å². The van der Waals surface area contributed by atoms with Crippen molar-refractivity contribution in [3.63, 3.8) is 0 Å². The number of carbonyl (C=O) groups is 1. The Hall–Kier alpha value is -3.26. The summed E-state index contributed by atoms with van der Waals surface area (Å²) in [6.45, 7) is 0. The summed E-state index contributed by atoms with van der Waals surface area (Å²) in [5.74, 6) is -0.369. The minimum absolute atomic E-state index is 0.0837. The van der Waals surface area contributed by atoms with Crippen LogP contribution in [0.2, 0.25) is 0 Å². The van der Waals surface area contributed by atoms with Crippen molar-refractivity contribution in [1.82, 2.24) is 9.97 Å². The lowest BCUT2D eigenvalue weighted by Crippen LogP contribution is -2.26. The highest BCUT2D eigenvalue weighted by Gasteiger charge is 2.21. The number of benzene rings is 2. The second-order valence-corrected chi connectivity index (χ2v) is 7.23. The SMILES string of the molecule is CN(c1ccc(OC(=O)c2cnccn2)cc1)S(=O)(=O)c1ccccc1. The Balaban J connectivity index is 1.76. The lowest BCUT2D eigenvalue weighted by atomic mass is 10.3. The number of aromatic nitrogens is 2. The Morgan fingerprint density at radius 2 is 1.69 bits per heavy atom. The highest BCUT2D eigenvalue weighted by Crippen LogP contribution is 2.24. The van der Waals surface area contributed by atoms with Crippen molar-refractivity contribution < 1.29 is 17.9 Å². The fraction of sp³-hybridized carbons (Fsp3) is 0.0556. The first-order chi connectivity index (χ1) is 12.5. The molecule has 0 aliphatic rings. The third-order valence-corrected chi connectivity index (χ3v) is 5.38. The second-order valence-electron chi connectivity index (χ2n) is 5.26. The van der Waals surface area contributed by atoms with Gasteiger partial charge in [-0.2, -0.15) is 0 Å². The van der Waals surface area contributed by atoms with E-state index in [1.165, 1.54) is 49.9 Å². The van der Waals surface area contributed by atoms with Crippen LogP contribution in [-0.2, 0) is 10.0 Å². The zero-order chi connectivity index (χ0) is 18.6. The van der Waals surface area contributed by atoms with Crippen molar-refractivity contribution in [2.75, 3.05) is 11.4 Å². The van der Waals surface area contributed by atoms with Crippen molar-refractivity contribution in [3.05, 3.63) is 78.9 Å². The Morgan fingerprint density at radius 3 is 2.31 bits per heavy atom. The molecule has 2 aromatic carbocycles. The molecule has 0 spiro atoms. The normalized spacial score (nSPS) is 11.0. The van der Waals surface area contributed by atoms with E-state index in [4.69, 9.17) is 4.74 Å². The number of sulfonamides is 1. The van der Waals surface area contributed by atoms with Gasteiger partial charge in [-0.15, -0.1) is 0 Å². The maximum Gasteiger partial charge on any atom is 0.363 e. The summed E-state index contributed by atoms with van der Waals surface area (Å²) in [6.07, 6.45) is 4.15. The lowest BCUT2D eigenvalue weighted by Gasteiger charge is -2.19. The average molecular weight is 369 g/mol. The van der Waals surface area contributed by atoms with Crippen LogP contribution in [0.4, 0.5) is 5.69 Å². The molecule has 8 heteroatoms. The molecule has 0 N–H and O–H groups in total. The minimum Gasteiger partial charge on any atom is -0.422 e. The van der Waals surface area contributed by atoms with E-state index in [9.17, 15) is 13.2 Å². The maximum atomic E-state index is 12.6. The Bertz CT molecular complexity index is 992.